The van der Waals surface area contributed by atoms with Crippen LogP contribution in [0.25, 0.3) is 21.5 Å². The largest absolute Gasteiger partial charge is 0.451 e. The maximum atomic E-state index is 12.5. The van der Waals surface area contributed by atoms with E-state index in [9.17, 15) is 9.59 Å². The minimum Gasteiger partial charge on any atom is -0.451 e. The fourth-order valence-corrected chi connectivity index (χ4v) is 3.66. The predicted molar refractivity (Wildman–Crippen MR) is 106 cm³/mol. The summed E-state index contributed by atoms with van der Waals surface area (Å²) in [5.74, 6) is 0.487. The topological polar surface area (TPSA) is 72.2 Å². The molecule has 4 aromatic rings. The van der Waals surface area contributed by atoms with Gasteiger partial charge in [0.05, 0.1) is 15.2 Å². The van der Waals surface area contributed by atoms with Gasteiger partial charge >= 0.3 is 0 Å². The van der Waals surface area contributed by atoms with E-state index >= 15 is 0 Å². The van der Waals surface area contributed by atoms with Crippen molar-refractivity contribution >= 4 is 38.9 Å². The number of thiazole rings is 1. The van der Waals surface area contributed by atoms with E-state index in [0.29, 0.717) is 17.0 Å². The van der Waals surface area contributed by atoms with Gasteiger partial charge in [-0.1, -0.05) is 24.3 Å². The van der Waals surface area contributed by atoms with Gasteiger partial charge in [0.1, 0.15) is 5.76 Å². The van der Waals surface area contributed by atoms with E-state index in [2.05, 4.69) is 10.3 Å². The van der Waals surface area contributed by atoms with Gasteiger partial charge in [0.25, 0.3) is 5.91 Å². The fraction of sp³-hybridized carbons (Fsp3) is 0.0952. The van der Waals surface area contributed by atoms with Crippen LogP contribution in [0.15, 0.2) is 59.0 Å². The van der Waals surface area contributed by atoms with Crippen LogP contribution in [0.4, 0.5) is 5.69 Å². The first kappa shape index (κ1) is 17.2. The average Bonchev–Trinajstić information content (AvgIpc) is 3.27. The van der Waals surface area contributed by atoms with E-state index in [1.807, 2.05) is 25.1 Å². The minimum absolute atomic E-state index is 0.00849. The van der Waals surface area contributed by atoms with Gasteiger partial charge in [0.2, 0.25) is 0 Å². The number of amides is 1. The number of carbonyl (C=O) groups is 2. The van der Waals surface area contributed by atoms with E-state index in [1.165, 1.54) is 6.92 Å². The summed E-state index contributed by atoms with van der Waals surface area (Å²) in [7, 11) is 0. The molecule has 0 atom stereocenters. The van der Waals surface area contributed by atoms with E-state index < -0.39 is 0 Å². The van der Waals surface area contributed by atoms with Crippen molar-refractivity contribution in [2.24, 2.45) is 0 Å². The molecule has 0 spiro atoms. The van der Waals surface area contributed by atoms with Gasteiger partial charge in [-0.25, -0.2) is 4.98 Å². The lowest BCUT2D eigenvalue weighted by molar-refractivity contribution is 0.0994. The molecule has 4 rings (SSSR count). The smallest absolute Gasteiger partial charge is 0.291 e. The number of Topliss-reactive ketones (excluding diaryl/α,β-unsaturated/α-hetero) is 1. The highest BCUT2D eigenvalue weighted by molar-refractivity contribution is 7.18. The van der Waals surface area contributed by atoms with Crippen LogP contribution in [0.1, 0.15) is 32.8 Å². The molecule has 27 heavy (non-hydrogen) atoms. The Hall–Kier alpha value is -3.25. The van der Waals surface area contributed by atoms with Gasteiger partial charge in [-0.2, -0.15) is 0 Å². The second kappa shape index (κ2) is 6.81. The molecule has 0 saturated carbocycles. The molecule has 0 bridgehead atoms. The molecule has 0 unspecified atom stereocenters. The number of carbonyl (C=O) groups excluding carboxylic acids is 2. The van der Waals surface area contributed by atoms with Crippen molar-refractivity contribution in [2.75, 3.05) is 5.32 Å². The highest BCUT2D eigenvalue weighted by Crippen LogP contribution is 2.26. The second-order valence-corrected chi connectivity index (χ2v) is 7.40. The quantitative estimate of drug-likeness (QED) is 0.489. The van der Waals surface area contributed by atoms with Crippen LogP contribution in [-0.4, -0.2) is 16.7 Å². The first-order valence-electron chi connectivity index (χ1n) is 8.39. The lowest BCUT2D eigenvalue weighted by Crippen LogP contribution is -2.10. The third-order valence-corrected chi connectivity index (χ3v) is 5.09. The molecule has 134 valence electrons. The van der Waals surface area contributed by atoms with Gasteiger partial charge in [0, 0.05) is 16.8 Å². The van der Waals surface area contributed by atoms with Crippen LogP contribution in [0.2, 0.25) is 0 Å². The van der Waals surface area contributed by atoms with Crippen molar-refractivity contribution in [3.8, 4) is 11.3 Å². The molecule has 2 heterocycles. The Kier molecular flexibility index (Phi) is 4.33. The van der Waals surface area contributed by atoms with Crippen molar-refractivity contribution in [3.05, 3.63) is 70.9 Å². The van der Waals surface area contributed by atoms with Crippen LogP contribution in [0.5, 0.6) is 0 Å². The molecule has 0 aliphatic rings. The van der Waals surface area contributed by atoms with Crippen LogP contribution in [0, 0.1) is 6.92 Å². The van der Waals surface area contributed by atoms with Crippen molar-refractivity contribution in [1.29, 1.82) is 0 Å². The molecular weight excluding hydrogens is 360 g/mol. The van der Waals surface area contributed by atoms with Gasteiger partial charge in [-0.15, -0.1) is 11.3 Å². The first-order valence-corrected chi connectivity index (χ1v) is 9.21. The fourth-order valence-electron chi connectivity index (χ4n) is 2.79. The van der Waals surface area contributed by atoms with Crippen molar-refractivity contribution in [2.45, 2.75) is 13.8 Å². The van der Waals surface area contributed by atoms with Crippen molar-refractivity contribution in [1.82, 2.24) is 4.98 Å². The molecule has 0 saturated heterocycles. The number of aromatic nitrogens is 1. The van der Waals surface area contributed by atoms with Crippen LogP contribution < -0.4 is 5.32 Å². The number of hydrogen-bond donors (Lipinski definition) is 1. The number of fused-ring (bicyclic) bond motifs is 1. The number of benzene rings is 2. The summed E-state index contributed by atoms with van der Waals surface area (Å²) < 4.78 is 6.71. The molecule has 1 amide bonds. The third-order valence-electron chi connectivity index (χ3n) is 4.16. The number of ketones is 1. The molecule has 0 radical (unpaired) electrons. The number of rotatable bonds is 4. The third kappa shape index (κ3) is 3.52. The van der Waals surface area contributed by atoms with Crippen LogP contribution in [0.3, 0.4) is 0 Å². The predicted octanol–water partition coefficient (Wildman–Crippen LogP) is 5.32. The van der Waals surface area contributed by atoms with E-state index in [1.54, 1.807) is 47.7 Å². The monoisotopic (exact) mass is 376 g/mol. The summed E-state index contributed by atoms with van der Waals surface area (Å²) in [4.78, 5) is 28.3. The molecule has 6 heteroatoms. The number of hydrogen-bond acceptors (Lipinski definition) is 5. The first-order chi connectivity index (χ1) is 13.0. The Morgan fingerprint density at radius 3 is 2.56 bits per heavy atom. The minimum atomic E-state index is -0.317. The highest BCUT2D eigenvalue weighted by Gasteiger charge is 2.13. The Morgan fingerprint density at radius 1 is 1.04 bits per heavy atom. The second-order valence-electron chi connectivity index (χ2n) is 6.17. The maximum absolute atomic E-state index is 12.5. The number of anilines is 1. The van der Waals surface area contributed by atoms with E-state index in [-0.39, 0.29) is 17.5 Å². The molecule has 5 nitrogen and oxygen atoms in total. The summed E-state index contributed by atoms with van der Waals surface area (Å²) in [6.45, 7) is 3.48. The summed E-state index contributed by atoms with van der Waals surface area (Å²) in [6, 6.07) is 16.1. The summed E-state index contributed by atoms with van der Waals surface area (Å²) in [5.41, 5.74) is 3.06. The molecule has 2 aromatic carbocycles. The summed E-state index contributed by atoms with van der Waals surface area (Å²) in [6.07, 6.45) is 0. The van der Waals surface area contributed by atoms with Gasteiger partial charge in [-0.3, -0.25) is 9.59 Å². The maximum Gasteiger partial charge on any atom is 0.291 e. The average molecular weight is 376 g/mol. The Morgan fingerprint density at radius 2 is 1.81 bits per heavy atom. The molecular formula is C21H16N2O3S. The summed E-state index contributed by atoms with van der Waals surface area (Å²) in [5, 5.41) is 3.84. The van der Waals surface area contributed by atoms with Crippen molar-refractivity contribution < 1.29 is 14.0 Å². The molecule has 0 fully saturated rings. The molecule has 0 aliphatic heterocycles. The van der Waals surface area contributed by atoms with Gasteiger partial charge in [-0.05, 0) is 44.2 Å². The number of furan rings is 1. The number of nitrogens with one attached hydrogen (secondary N) is 1. The zero-order chi connectivity index (χ0) is 19.0. The molecule has 1 N–H and O–H groups in total. The Bertz CT molecular complexity index is 1160. The van der Waals surface area contributed by atoms with Crippen LogP contribution >= 0.6 is 11.3 Å². The molecule has 2 aromatic heterocycles. The van der Waals surface area contributed by atoms with Crippen LogP contribution in [-0.2, 0) is 0 Å². The summed E-state index contributed by atoms with van der Waals surface area (Å²) >= 11 is 1.58. The van der Waals surface area contributed by atoms with E-state index in [4.69, 9.17) is 4.42 Å². The molecule has 0 aliphatic carbocycles. The van der Waals surface area contributed by atoms with E-state index in [0.717, 1.165) is 20.8 Å². The lowest BCUT2D eigenvalue weighted by atomic mass is 10.1. The Labute approximate surface area is 159 Å². The van der Waals surface area contributed by atoms with Crippen molar-refractivity contribution in [3.63, 3.8) is 0 Å². The Balaban J connectivity index is 1.53. The van der Waals surface area contributed by atoms with Gasteiger partial charge < -0.3 is 9.73 Å². The standard InChI is InChI=1S/C21H16N2O3S/c1-12(24)14-3-5-15(6-4-14)18-9-10-19(26-18)21(25)23-16-7-8-17-20(11-16)27-13(2)22-17/h3-11H,1-2H3,(H,23,25). The van der Waals surface area contributed by atoms with Gasteiger partial charge in [0.15, 0.2) is 11.5 Å². The highest BCUT2D eigenvalue weighted by atomic mass is 32.1. The number of nitrogens with zero attached hydrogens (tertiary/aromatic N) is 1. The lowest BCUT2D eigenvalue weighted by Gasteiger charge is -2.03. The zero-order valence-corrected chi connectivity index (χ0v) is 15.6. The SMILES string of the molecule is CC(=O)c1ccc(-c2ccc(C(=O)Nc3ccc4nc(C)sc4c3)o2)cc1. The number of aryl methyl sites for hydroxylation is 1. The zero-order valence-electron chi connectivity index (χ0n) is 14.8. The normalized spacial score (nSPS) is 10.9.